The lowest BCUT2D eigenvalue weighted by atomic mass is 9.95. The average Bonchev–Trinajstić information content (AvgIpc) is 2.50. The Morgan fingerprint density at radius 3 is 2.77 bits per heavy atom. The summed E-state index contributed by atoms with van der Waals surface area (Å²) in [4.78, 5) is 16.0. The molecule has 1 aromatic carbocycles. The fraction of sp³-hybridized carbons (Fsp3) is 0.188. The molecule has 0 fully saturated rings. The second-order valence-corrected chi connectivity index (χ2v) is 5.51. The van der Waals surface area contributed by atoms with E-state index >= 15 is 0 Å². The number of rotatable bonds is 4. The van der Waals surface area contributed by atoms with E-state index in [1.807, 2.05) is 6.07 Å². The Morgan fingerprint density at radius 1 is 1.36 bits per heavy atom. The largest absolute Gasteiger partial charge is 0.437 e. The molecule has 1 aromatic heterocycles. The summed E-state index contributed by atoms with van der Waals surface area (Å²) in [6.07, 6.45) is 1.50. The number of nitrogens with one attached hydrogen (secondary N) is 1. The molecule has 22 heavy (non-hydrogen) atoms. The second-order valence-electron chi connectivity index (χ2n) is 5.11. The van der Waals surface area contributed by atoms with Crippen molar-refractivity contribution in [2.24, 2.45) is 5.41 Å². The van der Waals surface area contributed by atoms with Crippen LogP contribution >= 0.6 is 11.6 Å². The lowest BCUT2D eigenvalue weighted by molar-refractivity contribution is -0.121. The Kier molecular flexibility index (Phi) is 4.64. The Bertz CT molecular complexity index is 738. The van der Waals surface area contributed by atoms with Gasteiger partial charge >= 0.3 is 0 Å². The molecule has 0 saturated carbocycles. The van der Waals surface area contributed by atoms with Crippen LogP contribution in [0.1, 0.15) is 13.8 Å². The zero-order valence-electron chi connectivity index (χ0n) is 12.1. The first kappa shape index (κ1) is 15.8. The molecule has 0 aliphatic rings. The topological polar surface area (TPSA) is 75.0 Å². The monoisotopic (exact) mass is 315 g/mol. The number of carbonyl (C=O) groups excluding carboxylic acids is 1. The quantitative estimate of drug-likeness (QED) is 0.924. The number of hydrogen-bond donors (Lipinski definition) is 1. The number of anilines is 1. The lowest BCUT2D eigenvalue weighted by Crippen LogP contribution is -2.29. The highest BCUT2D eigenvalue weighted by Gasteiger charge is 2.27. The van der Waals surface area contributed by atoms with Crippen LogP contribution < -0.4 is 10.1 Å². The van der Waals surface area contributed by atoms with E-state index in [1.54, 1.807) is 50.2 Å². The molecule has 1 heterocycles. The zero-order chi connectivity index (χ0) is 16.2. The standard InChI is InChI=1S/C16H14ClN3O2/c1-16(2,10-18)15(21)20-11-7-8-19-14(9-11)22-13-6-4-3-5-12(13)17/h3-9H,1-2H3,(H,19,20,21). The minimum Gasteiger partial charge on any atom is -0.437 e. The number of halogens is 1. The van der Waals surface area contributed by atoms with E-state index in [0.717, 1.165) is 0 Å². The molecule has 2 aromatic rings. The van der Waals surface area contributed by atoms with Crippen LogP contribution in [0.4, 0.5) is 5.69 Å². The summed E-state index contributed by atoms with van der Waals surface area (Å²) in [6, 6.07) is 12.1. The Morgan fingerprint density at radius 2 is 2.09 bits per heavy atom. The molecule has 6 heteroatoms. The van der Waals surface area contributed by atoms with Crippen molar-refractivity contribution in [1.82, 2.24) is 4.98 Å². The van der Waals surface area contributed by atoms with Crippen molar-refractivity contribution in [3.05, 3.63) is 47.6 Å². The third-order valence-corrected chi connectivity index (χ3v) is 3.20. The van der Waals surface area contributed by atoms with E-state index in [-0.39, 0.29) is 0 Å². The van der Waals surface area contributed by atoms with Crippen molar-refractivity contribution in [2.75, 3.05) is 5.32 Å². The van der Waals surface area contributed by atoms with Crippen LogP contribution in [0.5, 0.6) is 11.6 Å². The number of pyridine rings is 1. The van der Waals surface area contributed by atoms with Crippen LogP contribution in [-0.4, -0.2) is 10.9 Å². The van der Waals surface area contributed by atoms with Gasteiger partial charge in [-0.25, -0.2) is 4.98 Å². The summed E-state index contributed by atoms with van der Waals surface area (Å²) in [6.45, 7) is 3.09. The van der Waals surface area contributed by atoms with Gasteiger partial charge in [-0.15, -0.1) is 0 Å². The highest BCUT2D eigenvalue weighted by molar-refractivity contribution is 6.32. The highest BCUT2D eigenvalue weighted by atomic mass is 35.5. The van der Waals surface area contributed by atoms with Gasteiger partial charge in [-0.2, -0.15) is 5.26 Å². The van der Waals surface area contributed by atoms with E-state index in [1.165, 1.54) is 6.20 Å². The Labute approximate surface area is 133 Å². The lowest BCUT2D eigenvalue weighted by Gasteiger charge is -2.15. The molecule has 0 unspecified atom stereocenters. The minimum atomic E-state index is -1.12. The fourth-order valence-electron chi connectivity index (χ4n) is 1.52. The molecule has 112 valence electrons. The van der Waals surface area contributed by atoms with E-state index < -0.39 is 11.3 Å². The predicted octanol–water partition coefficient (Wildman–Crippen LogP) is 4.02. The van der Waals surface area contributed by atoms with Gasteiger partial charge in [0.15, 0.2) is 0 Å². The third kappa shape index (κ3) is 3.74. The summed E-state index contributed by atoms with van der Waals surface area (Å²) >= 11 is 6.02. The predicted molar refractivity (Wildman–Crippen MR) is 83.8 cm³/mol. The first-order valence-corrected chi connectivity index (χ1v) is 6.91. The van der Waals surface area contributed by atoms with Gasteiger partial charge in [0.05, 0.1) is 11.1 Å². The number of benzene rings is 1. The number of amides is 1. The van der Waals surface area contributed by atoms with Crippen molar-refractivity contribution < 1.29 is 9.53 Å². The third-order valence-electron chi connectivity index (χ3n) is 2.89. The molecule has 2 rings (SSSR count). The molecule has 0 saturated heterocycles. The Balaban J connectivity index is 2.16. The van der Waals surface area contributed by atoms with Gasteiger partial charge < -0.3 is 10.1 Å². The van der Waals surface area contributed by atoms with Gasteiger partial charge in [-0.05, 0) is 32.0 Å². The van der Waals surface area contributed by atoms with Gasteiger partial charge in [0, 0.05) is 18.0 Å². The second kappa shape index (κ2) is 6.46. The van der Waals surface area contributed by atoms with Crippen molar-refractivity contribution >= 4 is 23.2 Å². The molecule has 0 bridgehead atoms. The maximum Gasteiger partial charge on any atom is 0.244 e. The van der Waals surface area contributed by atoms with E-state index in [0.29, 0.717) is 22.3 Å². The molecular formula is C16H14ClN3O2. The first-order chi connectivity index (χ1) is 10.4. The van der Waals surface area contributed by atoms with Crippen LogP contribution in [0.2, 0.25) is 5.02 Å². The molecule has 0 atom stereocenters. The smallest absolute Gasteiger partial charge is 0.244 e. The number of para-hydroxylation sites is 1. The van der Waals surface area contributed by atoms with Gasteiger partial charge in [0.1, 0.15) is 11.2 Å². The average molecular weight is 316 g/mol. The molecular weight excluding hydrogens is 302 g/mol. The number of aromatic nitrogens is 1. The number of carbonyl (C=O) groups is 1. The number of nitrogens with zero attached hydrogens (tertiary/aromatic N) is 2. The van der Waals surface area contributed by atoms with Crippen molar-refractivity contribution in [1.29, 1.82) is 5.26 Å². The van der Waals surface area contributed by atoms with E-state index in [4.69, 9.17) is 21.6 Å². The van der Waals surface area contributed by atoms with Crippen molar-refractivity contribution in [3.63, 3.8) is 0 Å². The van der Waals surface area contributed by atoms with Gasteiger partial charge in [-0.3, -0.25) is 4.79 Å². The molecule has 0 aliphatic carbocycles. The molecule has 0 radical (unpaired) electrons. The number of ether oxygens (including phenoxy) is 1. The van der Waals surface area contributed by atoms with Crippen LogP contribution in [0.15, 0.2) is 42.6 Å². The van der Waals surface area contributed by atoms with Gasteiger partial charge in [-0.1, -0.05) is 23.7 Å². The van der Waals surface area contributed by atoms with Gasteiger partial charge in [0.2, 0.25) is 11.8 Å². The minimum absolute atomic E-state index is 0.292. The molecule has 5 nitrogen and oxygen atoms in total. The normalized spacial score (nSPS) is 10.6. The number of hydrogen-bond acceptors (Lipinski definition) is 4. The molecule has 0 aliphatic heterocycles. The van der Waals surface area contributed by atoms with Crippen LogP contribution in [0, 0.1) is 16.7 Å². The van der Waals surface area contributed by atoms with Crippen LogP contribution in [-0.2, 0) is 4.79 Å². The van der Waals surface area contributed by atoms with E-state index in [9.17, 15) is 4.79 Å². The highest BCUT2D eigenvalue weighted by Crippen LogP contribution is 2.29. The molecule has 1 N–H and O–H groups in total. The van der Waals surface area contributed by atoms with Crippen LogP contribution in [0.3, 0.4) is 0 Å². The fourth-order valence-corrected chi connectivity index (χ4v) is 1.70. The number of nitriles is 1. The maximum atomic E-state index is 12.0. The van der Waals surface area contributed by atoms with Crippen molar-refractivity contribution in [2.45, 2.75) is 13.8 Å². The van der Waals surface area contributed by atoms with Crippen molar-refractivity contribution in [3.8, 4) is 17.7 Å². The zero-order valence-corrected chi connectivity index (χ0v) is 12.9. The maximum absolute atomic E-state index is 12.0. The SMILES string of the molecule is CC(C)(C#N)C(=O)Nc1ccnc(Oc2ccccc2Cl)c1. The molecule has 1 amide bonds. The first-order valence-electron chi connectivity index (χ1n) is 6.53. The summed E-state index contributed by atoms with van der Waals surface area (Å²) in [5, 5.41) is 12.1. The summed E-state index contributed by atoms with van der Waals surface area (Å²) in [5.41, 5.74) is -0.627. The van der Waals surface area contributed by atoms with Gasteiger partial charge in [0.25, 0.3) is 0 Å². The Hall–Kier alpha value is -2.58. The summed E-state index contributed by atoms with van der Waals surface area (Å²) in [5.74, 6) is 0.364. The van der Waals surface area contributed by atoms with E-state index in [2.05, 4.69) is 10.3 Å². The van der Waals surface area contributed by atoms with Crippen LogP contribution in [0.25, 0.3) is 0 Å². The molecule has 0 spiro atoms. The summed E-state index contributed by atoms with van der Waals surface area (Å²) in [7, 11) is 0. The summed E-state index contributed by atoms with van der Waals surface area (Å²) < 4.78 is 5.58.